The van der Waals surface area contributed by atoms with Gasteiger partial charge in [0.05, 0.1) is 4.47 Å². The Hall–Kier alpha value is -1.06. The van der Waals surface area contributed by atoms with E-state index in [1.54, 1.807) is 36.4 Å². The van der Waals surface area contributed by atoms with Crippen LogP contribution in [0.25, 0.3) is 11.1 Å². The van der Waals surface area contributed by atoms with Crippen molar-refractivity contribution < 1.29 is 4.39 Å². The highest BCUT2D eigenvalue weighted by Gasteiger charge is 2.10. The van der Waals surface area contributed by atoms with Crippen LogP contribution in [0, 0.1) is 5.82 Å². The maximum absolute atomic E-state index is 13.9. The highest BCUT2D eigenvalue weighted by Crippen LogP contribution is 2.33. The van der Waals surface area contributed by atoms with Crippen LogP contribution in [-0.2, 0) is 0 Å². The van der Waals surface area contributed by atoms with Gasteiger partial charge in [-0.25, -0.2) is 4.39 Å². The second-order valence-corrected chi connectivity index (χ2v) is 4.62. The summed E-state index contributed by atoms with van der Waals surface area (Å²) in [4.78, 5) is 0. The molecule has 0 saturated carbocycles. The Labute approximate surface area is 106 Å². The maximum atomic E-state index is 13.9. The molecule has 0 aliphatic carbocycles. The minimum absolute atomic E-state index is 0.337. The number of anilines is 1. The Bertz CT molecular complexity index is 543. The molecule has 0 spiro atoms. The largest absolute Gasteiger partial charge is 0.398 e. The van der Waals surface area contributed by atoms with E-state index in [9.17, 15) is 4.39 Å². The third-order valence-corrected chi connectivity index (χ3v) is 3.10. The number of rotatable bonds is 1. The lowest BCUT2D eigenvalue weighted by Gasteiger charge is -2.08. The fourth-order valence-electron chi connectivity index (χ4n) is 1.47. The second kappa shape index (κ2) is 4.44. The molecule has 2 aromatic carbocycles. The Kier molecular flexibility index (Phi) is 3.17. The molecule has 0 unspecified atom stereocenters. The van der Waals surface area contributed by atoms with Crippen LogP contribution in [-0.4, -0.2) is 0 Å². The van der Waals surface area contributed by atoms with Gasteiger partial charge in [-0.15, -0.1) is 0 Å². The molecule has 2 aromatic rings. The number of halogens is 3. The summed E-state index contributed by atoms with van der Waals surface area (Å²) in [5, 5.41) is 0.531. The van der Waals surface area contributed by atoms with Crippen LogP contribution < -0.4 is 5.73 Å². The lowest BCUT2D eigenvalue weighted by atomic mass is 10.0. The minimum atomic E-state index is -0.337. The number of hydrogen-bond donors (Lipinski definition) is 1. The summed E-state index contributed by atoms with van der Waals surface area (Å²) in [6, 6.07) is 10.1. The average molecular weight is 301 g/mol. The summed E-state index contributed by atoms with van der Waals surface area (Å²) in [5.41, 5.74) is 7.34. The second-order valence-electron chi connectivity index (χ2n) is 3.33. The average Bonchev–Trinajstić information content (AvgIpc) is 2.26. The van der Waals surface area contributed by atoms with Gasteiger partial charge >= 0.3 is 0 Å². The first-order valence-corrected chi connectivity index (χ1v) is 5.76. The van der Waals surface area contributed by atoms with Gasteiger partial charge in [0.2, 0.25) is 0 Å². The van der Waals surface area contributed by atoms with E-state index in [4.69, 9.17) is 17.3 Å². The van der Waals surface area contributed by atoms with Gasteiger partial charge in [0.25, 0.3) is 0 Å². The van der Waals surface area contributed by atoms with Crippen molar-refractivity contribution in [1.82, 2.24) is 0 Å². The van der Waals surface area contributed by atoms with Gasteiger partial charge in [-0.3, -0.25) is 0 Å². The van der Waals surface area contributed by atoms with Gasteiger partial charge in [-0.1, -0.05) is 23.7 Å². The number of nitrogen functional groups attached to an aromatic ring is 1. The normalized spacial score (nSPS) is 10.4. The molecule has 2 N–H and O–H groups in total. The van der Waals surface area contributed by atoms with E-state index < -0.39 is 0 Å². The van der Waals surface area contributed by atoms with Crippen molar-refractivity contribution in [3.63, 3.8) is 0 Å². The standard InChI is InChI=1S/C12H8BrClFN/c13-10-3-1-2-8(12(10)15)9-6-7(14)4-5-11(9)16/h1-6H,16H2. The van der Waals surface area contributed by atoms with Gasteiger partial charge in [0.1, 0.15) is 5.82 Å². The predicted molar refractivity (Wildman–Crippen MR) is 69.0 cm³/mol. The van der Waals surface area contributed by atoms with E-state index in [2.05, 4.69) is 15.9 Å². The van der Waals surface area contributed by atoms with E-state index in [0.29, 0.717) is 26.3 Å². The van der Waals surface area contributed by atoms with Crippen LogP contribution >= 0.6 is 27.5 Å². The molecule has 1 nitrogen and oxygen atoms in total. The van der Waals surface area contributed by atoms with Crippen LogP contribution in [0.2, 0.25) is 5.02 Å². The highest BCUT2D eigenvalue weighted by molar-refractivity contribution is 9.10. The summed E-state index contributed by atoms with van der Waals surface area (Å²) in [6.07, 6.45) is 0. The number of benzene rings is 2. The Morgan fingerprint density at radius 3 is 2.62 bits per heavy atom. The third kappa shape index (κ3) is 2.06. The van der Waals surface area contributed by atoms with Crippen molar-refractivity contribution >= 4 is 33.2 Å². The molecule has 0 atom stereocenters. The van der Waals surface area contributed by atoms with E-state index in [0.717, 1.165) is 0 Å². The van der Waals surface area contributed by atoms with Crippen molar-refractivity contribution in [2.75, 3.05) is 5.73 Å². The summed E-state index contributed by atoms with van der Waals surface area (Å²) < 4.78 is 14.3. The smallest absolute Gasteiger partial charge is 0.145 e. The number of nitrogens with two attached hydrogens (primary N) is 1. The summed E-state index contributed by atoms with van der Waals surface area (Å²) in [6.45, 7) is 0. The summed E-state index contributed by atoms with van der Waals surface area (Å²) in [5.74, 6) is -0.337. The quantitative estimate of drug-likeness (QED) is 0.772. The molecule has 0 aliphatic rings. The van der Waals surface area contributed by atoms with Crippen molar-refractivity contribution in [2.24, 2.45) is 0 Å². The maximum Gasteiger partial charge on any atom is 0.145 e. The topological polar surface area (TPSA) is 26.0 Å². The van der Waals surface area contributed by atoms with Crippen molar-refractivity contribution in [1.29, 1.82) is 0 Å². The first kappa shape index (κ1) is 11.4. The first-order valence-electron chi connectivity index (χ1n) is 4.59. The molecule has 16 heavy (non-hydrogen) atoms. The molecule has 0 saturated heterocycles. The fraction of sp³-hybridized carbons (Fsp3) is 0. The van der Waals surface area contributed by atoms with Crippen LogP contribution in [0.15, 0.2) is 40.9 Å². The molecule has 0 fully saturated rings. The van der Waals surface area contributed by atoms with Gasteiger partial charge in [-0.05, 0) is 40.2 Å². The SMILES string of the molecule is Nc1ccc(Cl)cc1-c1cccc(Br)c1F. The molecule has 82 valence electrons. The Morgan fingerprint density at radius 2 is 1.88 bits per heavy atom. The zero-order chi connectivity index (χ0) is 11.7. The molecule has 0 bridgehead atoms. The van der Waals surface area contributed by atoms with Crippen molar-refractivity contribution in [2.45, 2.75) is 0 Å². The van der Waals surface area contributed by atoms with Crippen molar-refractivity contribution in [3.05, 3.63) is 51.7 Å². The molecular weight excluding hydrogens is 292 g/mol. The zero-order valence-electron chi connectivity index (χ0n) is 8.18. The van der Waals surface area contributed by atoms with Crippen LogP contribution in [0.5, 0.6) is 0 Å². The predicted octanol–water partition coefficient (Wildman–Crippen LogP) is 4.49. The van der Waals surface area contributed by atoms with Crippen LogP contribution in [0.1, 0.15) is 0 Å². The third-order valence-electron chi connectivity index (χ3n) is 2.26. The molecule has 2 rings (SSSR count). The number of hydrogen-bond acceptors (Lipinski definition) is 1. The van der Waals surface area contributed by atoms with Gasteiger partial charge in [0, 0.05) is 21.8 Å². The lowest BCUT2D eigenvalue weighted by Crippen LogP contribution is -1.92. The van der Waals surface area contributed by atoms with Gasteiger partial charge in [0.15, 0.2) is 0 Å². The molecule has 0 aromatic heterocycles. The van der Waals surface area contributed by atoms with Crippen LogP contribution in [0.3, 0.4) is 0 Å². The summed E-state index contributed by atoms with van der Waals surface area (Å²) >= 11 is 9.01. The molecular formula is C12H8BrClFN. The zero-order valence-corrected chi connectivity index (χ0v) is 10.5. The molecule has 0 radical (unpaired) electrons. The Morgan fingerprint density at radius 1 is 1.12 bits per heavy atom. The lowest BCUT2D eigenvalue weighted by molar-refractivity contribution is 0.625. The first-order chi connectivity index (χ1) is 7.59. The van der Waals surface area contributed by atoms with Crippen molar-refractivity contribution in [3.8, 4) is 11.1 Å². The van der Waals surface area contributed by atoms with E-state index in [-0.39, 0.29) is 5.82 Å². The molecule has 0 amide bonds. The van der Waals surface area contributed by atoms with Crippen LogP contribution in [0.4, 0.5) is 10.1 Å². The Balaban J connectivity index is 2.67. The summed E-state index contributed by atoms with van der Waals surface area (Å²) in [7, 11) is 0. The monoisotopic (exact) mass is 299 g/mol. The van der Waals surface area contributed by atoms with E-state index in [1.807, 2.05) is 0 Å². The minimum Gasteiger partial charge on any atom is -0.398 e. The molecule has 0 heterocycles. The van der Waals surface area contributed by atoms with E-state index in [1.165, 1.54) is 0 Å². The molecule has 0 aliphatic heterocycles. The highest BCUT2D eigenvalue weighted by atomic mass is 79.9. The molecule has 4 heteroatoms. The fourth-order valence-corrected chi connectivity index (χ4v) is 2.01. The van der Waals surface area contributed by atoms with E-state index >= 15 is 0 Å². The van der Waals surface area contributed by atoms with Gasteiger partial charge < -0.3 is 5.73 Å². The van der Waals surface area contributed by atoms with Gasteiger partial charge in [-0.2, -0.15) is 0 Å².